The Morgan fingerprint density at radius 2 is 1.92 bits per heavy atom. The molecule has 26 heavy (non-hydrogen) atoms. The van der Waals surface area contributed by atoms with Crippen LogP contribution in [-0.2, 0) is 6.42 Å². The van der Waals surface area contributed by atoms with Crippen LogP contribution < -0.4 is 19.5 Å². The number of nitrogens with one attached hydrogen (secondary N) is 1. The second-order valence-corrected chi connectivity index (χ2v) is 6.41. The number of rotatable bonds is 2. The Hall–Kier alpha value is -3.21. The zero-order valence-corrected chi connectivity index (χ0v) is 14.3. The maximum absolute atomic E-state index is 12.5. The van der Waals surface area contributed by atoms with E-state index in [1.807, 2.05) is 42.5 Å². The lowest BCUT2D eigenvalue weighted by Gasteiger charge is -2.23. The molecule has 0 spiro atoms. The van der Waals surface area contributed by atoms with Crippen molar-refractivity contribution in [3.8, 4) is 28.4 Å². The van der Waals surface area contributed by atoms with E-state index >= 15 is 0 Å². The van der Waals surface area contributed by atoms with Crippen molar-refractivity contribution in [2.24, 2.45) is 0 Å². The summed E-state index contributed by atoms with van der Waals surface area (Å²) < 4.78 is 16.7. The highest BCUT2D eigenvalue weighted by molar-refractivity contribution is 6.10. The summed E-state index contributed by atoms with van der Waals surface area (Å²) in [5, 5.41) is 4.90. The molecular weight excluding hydrogens is 330 g/mol. The fourth-order valence-electron chi connectivity index (χ4n) is 3.83. The molecule has 0 aromatic heterocycles. The highest BCUT2D eigenvalue weighted by Crippen LogP contribution is 2.46. The average molecular weight is 347 g/mol. The fraction of sp³-hybridized carbons (Fsp3) is 0.190. The molecule has 0 unspecified atom stereocenters. The maximum Gasteiger partial charge on any atom is 0.251 e. The molecule has 5 heteroatoms. The normalized spacial score (nSPS) is 14.9. The third-order valence-electron chi connectivity index (χ3n) is 5.03. The molecule has 5 nitrogen and oxygen atoms in total. The molecule has 2 aliphatic rings. The van der Waals surface area contributed by atoms with E-state index in [9.17, 15) is 4.79 Å². The molecule has 2 heterocycles. The van der Waals surface area contributed by atoms with E-state index in [0.29, 0.717) is 6.54 Å². The van der Waals surface area contributed by atoms with Crippen molar-refractivity contribution in [1.29, 1.82) is 0 Å². The molecule has 0 aliphatic carbocycles. The van der Waals surface area contributed by atoms with Gasteiger partial charge in [-0.05, 0) is 52.8 Å². The van der Waals surface area contributed by atoms with Crippen molar-refractivity contribution in [1.82, 2.24) is 5.32 Å². The van der Waals surface area contributed by atoms with E-state index in [1.54, 1.807) is 7.11 Å². The van der Waals surface area contributed by atoms with E-state index in [4.69, 9.17) is 14.2 Å². The van der Waals surface area contributed by atoms with Crippen molar-refractivity contribution in [3.05, 3.63) is 53.6 Å². The van der Waals surface area contributed by atoms with Crippen LogP contribution in [0.3, 0.4) is 0 Å². The van der Waals surface area contributed by atoms with Crippen LogP contribution in [0.15, 0.2) is 42.5 Å². The monoisotopic (exact) mass is 347 g/mol. The summed E-state index contributed by atoms with van der Waals surface area (Å²) in [7, 11) is 1.65. The molecule has 0 radical (unpaired) electrons. The number of methoxy groups -OCH3 is 1. The highest BCUT2D eigenvalue weighted by atomic mass is 16.7. The predicted molar refractivity (Wildman–Crippen MR) is 98.1 cm³/mol. The number of hydrogen-bond donors (Lipinski definition) is 1. The van der Waals surface area contributed by atoms with Gasteiger partial charge >= 0.3 is 0 Å². The van der Waals surface area contributed by atoms with E-state index in [1.165, 1.54) is 0 Å². The van der Waals surface area contributed by atoms with Crippen LogP contribution >= 0.6 is 0 Å². The Labute approximate surface area is 150 Å². The second kappa shape index (κ2) is 5.66. The number of carbonyl (C=O) groups excluding carboxylic acids is 1. The van der Waals surface area contributed by atoms with Gasteiger partial charge in [0.05, 0.1) is 7.11 Å². The Morgan fingerprint density at radius 3 is 2.73 bits per heavy atom. The quantitative estimate of drug-likeness (QED) is 0.770. The molecule has 1 amide bonds. The van der Waals surface area contributed by atoms with Crippen LogP contribution in [0.4, 0.5) is 0 Å². The SMILES string of the molecule is COc1ccc(-c2c3c(cc4ccc5c(c24)OCO5)C(=O)NCC3)cc1. The molecular formula is C21H17NO4. The lowest BCUT2D eigenvalue weighted by atomic mass is 9.86. The summed E-state index contributed by atoms with van der Waals surface area (Å²) in [6, 6.07) is 13.8. The van der Waals surface area contributed by atoms with Crippen LogP contribution in [0.25, 0.3) is 21.9 Å². The van der Waals surface area contributed by atoms with Crippen LogP contribution in [0.1, 0.15) is 15.9 Å². The van der Waals surface area contributed by atoms with Crippen LogP contribution in [-0.4, -0.2) is 26.4 Å². The van der Waals surface area contributed by atoms with E-state index in [2.05, 4.69) is 5.32 Å². The Bertz CT molecular complexity index is 1040. The minimum absolute atomic E-state index is 0.0272. The lowest BCUT2D eigenvalue weighted by Crippen LogP contribution is -2.32. The van der Waals surface area contributed by atoms with Gasteiger partial charge in [-0.2, -0.15) is 0 Å². The van der Waals surface area contributed by atoms with Crippen molar-refractivity contribution >= 4 is 16.7 Å². The number of fused-ring (bicyclic) bond motifs is 4. The van der Waals surface area contributed by atoms with Gasteiger partial charge in [0.15, 0.2) is 11.5 Å². The van der Waals surface area contributed by atoms with E-state index in [0.717, 1.165) is 56.7 Å². The standard InChI is InChI=1S/C21H17NO4/c1-24-14-5-2-12(3-6-14)18-15-8-9-22-21(23)16(15)10-13-4-7-17-20(19(13)18)26-11-25-17/h2-7,10H,8-9,11H2,1H3,(H,22,23). The van der Waals surface area contributed by atoms with Crippen LogP contribution in [0.2, 0.25) is 0 Å². The summed E-state index contributed by atoms with van der Waals surface area (Å²) >= 11 is 0. The summed E-state index contributed by atoms with van der Waals surface area (Å²) in [6.07, 6.45) is 0.781. The largest absolute Gasteiger partial charge is 0.497 e. The van der Waals surface area contributed by atoms with Gasteiger partial charge in [-0.1, -0.05) is 18.2 Å². The van der Waals surface area contributed by atoms with Crippen LogP contribution in [0, 0.1) is 0 Å². The van der Waals surface area contributed by atoms with E-state index < -0.39 is 0 Å². The van der Waals surface area contributed by atoms with E-state index in [-0.39, 0.29) is 12.7 Å². The molecule has 0 fully saturated rings. The number of benzene rings is 3. The van der Waals surface area contributed by atoms with Crippen LogP contribution in [0.5, 0.6) is 17.2 Å². The predicted octanol–water partition coefficient (Wildman–Crippen LogP) is 3.53. The Balaban J connectivity index is 1.88. The minimum atomic E-state index is -0.0272. The summed E-state index contributed by atoms with van der Waals surface area (Å²) in [4.78, 5) is 12.5. The third kappa shape index (κ3) is 2.13. The third-order valence-corrected chi connectivity index (χ3v) is 5.03. The first-order valence-corrected chi connectivity index (χ1v) is 8.57. The molecule has 0 bridgehead atoms. The molecule has 1 N–H and O–H groups in total. The van der Waals surface area contributed by atoms with Gasteiger partial charge in [0, 0.05) is 17.5 Å². The van der Waals surface area contributed by atoms with Gasteiger partial charge in [-0.15, -0.1) is 0 Å². The summed E-state index contributed by atoms with van der Waals surface area (Å²) in [5.74, 6) is 2.26. The lowest BCUT2D eigenvalue weighted by molar-refractivity contribution is 0.0946. The molecule has 2 aliphatic heterocycles. The average Bonchev–Trinajstić information content (AvgIpc) is 3.16. The minimum Gasteiger partial charge on any atom is -0.497 e. The first-order chi connectivity index (χ1) is 12.8. The highest BCUT2D eigenvalue weighted by Gasteiger charge is 2.27. The fourth-order valence-corrected chi connectivity index (χ4v) is 3.83. The van der Waals surface area contributed by atoms with Gasteiger partial charge in [-0.3, -0.25) is 4.79 Å². The Morgan fingerprint density at radius 1 is 1.08 bits per heavy atom. The summed E-state index contributed by atoms with van der Waals surface area (Å²) in [6.45, 7) is 0.848. The molecule has 0 saturated heterocycles. The van der Waals surface area contributed by atoms with Crippen molar-refractivity contribution in [2.75, 3.05) is 20.4 Å². The van der Waals surface area contributed by atoms with Crippen molar-refractivity contribution in [3.63, 3.8) is 0 Å². The Kier molecular flexibility index (Phi) is 3.28. The molecule has 5 rings (SSSR count). The molecule has 0 saturated carbocycles. The first-order valence-electron chi connectivity index (χ1n) is 8.57. The number of carbonyl (C=O) groups is 1. The summed E-state index contributed by atoms with van der Waals surface area (Å²) in [5.41, 5.74) is 3.85. The zero-order chi connectivity index (χ0) is 17.7. The van der Waals surface area contributed by atoms with Gasteiger partial charge in [-0.25, -0.2) is 0 Å². The number of hydrogen-bond acceptors (Lipinski definition) is 4. The molecule has 3 aromatic carbocycles. The topological polar surface area (TPSA) is 56.8 Å². The van der Waals surface area contributed by atoms with Gasteiger partial charge in [0.25, 0.3) is 5.91 Å². The first kappa shape index (κ1) is 15.1. The number of amides is 1. The molecule has 130 valence electrons. The second-order valence-electron chi connectivity index (χ2n) is 6.41. The van der Waals surface area contributed by atoms with Crippen molar-refractivity contribution in [2.45, 2.75) is 6.42 Å². The van der Waals surface area contributed by atoms with Gasteiger partial charge < -0.3 is 19.5 Å². The maximum atomic E-state index is 12.5. The van der Waals surface area contributed by atoms with Gasteiger partial charge in [0.1, 0.15) is 5.75 Å². The van der Waals surface area contributed by atoms with Gasteiger partial charge in [0.2, 0.25) is 6.79 Å². The molecule has 0 atom stereocenters. The number of ether oxygens (including phenoxy) is 3. The van der Waals surface area contributed by atoms with Crippen molar-refractivity contribution < 1.29 is 19.0 Å². The zero-order valence-electron chi connectivity index (χ0n) is 14.3. The molecule has 3 aromatic rings. The smallest absolute Gasteiger partial charge is 0.251 e.